The van der Waals surface area contributed by atoms with Crippen molar-refractivity contribution in [3.05, 3.63) is 103 Å². The fourth-order valence-corrected chi connectivity index (χ4v) is 4.65. The summed E-state index contributed by atoms with van der Waals surface area (Å²) >= 11 is 6.44. The molecule has 1 saturated heterocycles. The molecule has 0 aliphatic carbocycles. The summed E-state index contributed by atoms with van der Waals surface area (Å²) in [5.74, 6) is 0.500. The highest BCUT2D eigenvalue weighted by atomic mass is 32.2. The van der Waals surface area contributed by atoms with Gasteiger partial charge in [0.15, 0.2) is 15.8 Å². The summed E-state index contributed by atoms with van der Waals surface area (Å²) in [4.78, 5) is 35.5. The van der Waals surface area contributed by atoms with Crippen LogP contribution >= 0.6 is 24.0 Å². The molecule has 0 atom stereocenters. The Bertz CT molecular complexity index is 1410. The van der Waals surface area contributed by atoms with E-state index in [1.807, 2.05) is 0 Å². The summed E-state index contributed by atoms with van der Waals surface area (Å²) in [6.45, 7) is 0.176. The van der Waals surface area contributed by atoms with E-state index in [-0.39, 0.29) is 28.2 Å². The number of carbonyl (C=O) groups excluding carboxylic acids is 1. The van der Waals surface area contributed by atoms with Crippen LogP contribution in [0.3, 0.4) is 0 Å². The molecule has 3 aromatic rings. The van der Waals surface area contributed by atoms with Gasteiger partial charge in [0.1, 0.15) is 6.61 Å². The molecule has 0 saturated carbocycles. The molecule has 10 nitrogen and oxygen atoms in total. The Kier molecular flexibility index (Phi) is 7.27. The van der Waals surface area contributed by atoms with E-state index < -0.39 is 9.85 Å². The van der Waals surface area contributed by atoms with E-state index in [4.69, 9.17) is 21.7 Å². The lowest BCUT2D eigenvalue weighted by molar-refractivity contribution is -0.385. The van der Waals surface area contributed by atoms with Gasteiger partial charge in [-0.15, -0.1) is 0 Å². The number of amides is 1. The number of nitro benzene ring substituents is 2. The van der Waals surface area contributed by atoms with Crippen LogP contribution in [0, 0.1) is 20.2 Å². The molecular weight excluding hydrogens is 506 g/mol. The van der Waals surface area contributed by atoms with E-state index in [1.54, 1.807) is 42.5 Å². The molecule has 4 rings (SSSR count). The van der Waals surface area contributed by atoms with Crippen molar-refractivity contribution in [3.63, 3.8) is 0 Å². The predicted octanol–water partition coefficient (Wildman–Crippen LogP) is 5.50. The van der Waals surface area contributed by atoms with Crippen LogP contribution in [-0.4, -0.2) is 27.2 Å². The number of ether oxygens (including phenoxy) is 2. The van der Waals surface area contributed by atoms with Crippen LogP contribution in [0.15, 0.2) is 71.6 Å². The van der Waals surface area contributed by atoms with Gasteiger partial charge in [-0.25, -0.2) is 0 Å². The van der Waals surface area contributed by atoms with Crippen molar-refractivity contribution in [1.29, 1.82) is 0 Å². The molecule has 1 fully saturated rings. The first-order valence-corrected chi connectivity index (χ1v) is 11.6. The van der Waals surface area contributed by atoms with E-state index in [2.05, 4.69) is 0 Å². The van der Waals surface area contributed by atoms with Crippen molar-refractivity contribution in [3.8, 4) is 11.5 Å². The van der Waals surface area contributed by atoms with Crippen molar-refractivity contribution in [1.82, 2.24) is 0 Å². The fraction of sp³-hybridized carbons (Fsp3) is 0.0833. The van der Waals surface area contributed by atoms with Crippen LogP contribution in [0.2, 0.25) is 0 Å². The summed E-state index contributed by atoms with van der Waals surface area (Å²) < 4.78 is 11.5. The summed E-state index contributed by atoms with van der Waals surface area (Å²) in [6.07, 6.45) is 1.65. The minimum absolute atomic E-state index is 0.00316. The van der Waals surface area contributed by atoms with Crippen LogP contribution in [-0.2, 0) is 11.4 Å². The molecule has 3 aromatic carbocycles. The minimum atomic E-state index is -0.533. The van der Waals surface area contributed by atoms with Gasteiger partial charge >= 0.3 is 0 Å². The molecule has 12 heteroatoms. The van der Waals surface area contributed by atoms with Gasteiger partial charge in [0.25, 0.3) is 17.3 Å². The van der Waals surface area contributed by atoms with Crippen molar-refractivity contribution < 1.29 is 24.1 Å². The molecule has 182 valence electrons. The van der Waals surface area contributed by atoms with Crippen LogP contribution in [0.1, 0.15) is 11.1 Å². The number of carbonyl (C=O) groups is 1. The summed E-state index contributed by atoms with van der Waals surface area (Å²) in [5.41, 5.74) is 1.59. The highest BCUT2D eigenvalue weighted by Crippen LogP contribution is 2.38. The molecule has 0 bridgehead atoms. The maximum Gasteiger partial charge on any atom is 0.271 e. The maximum absolute atomic E-state index is 13.0. The second-order valence-corrected chi connectivity index (χ2v) is 9.09. The number of thioether (sulfide) groups is 1. The largest absolute Gasteiger partial charge is 0.493 e. The summed E-state index contributed by atoms with van der Waals surface area (Å²) in [6, 6.07) is 16.9. The number of methoxy groups -OCH3 is 1. The number of rotatable bonds is 8. The first-order chi connectivity index (χ1) is 17.3. The molecule has 0 N–H and O–H groups in total. The van der Waals surface area contributed by atoms with Crippen molar-refractivity contribution in [2.75, 3.05) is 12.0 Å². The Labute approximate surface area is 214 Å². The zero-order valence-corrected chi connectivity index (χ0v) is 20.3. The minimum Gasteiger partial charge on any atom is -0.493 e. The van der Waals surface area contributed by atoms with Crippen molar-refractivity contribution >= 4 is 57.3 Å². The molecule has 0 spiro atoms. The third-order valence-electron chi connectivity index (χ3n) is 5.12. The molecule has 0 radical (unpaired) electrons. The number of benzene rings is 3. The standard InChI is InChI=1S/C24H17N3O7S2/c1-33-21-11-16(7-10-20(21)34-14-15-5-8-17(9-6-15)26(29)30)12-22-23(28)25(24(35)36-22)18-3-2-4-19(13-18)27(31)32/h2-13H,14H2,1H3/b22-12+. The number of hydrogen-bond acceptors (Lipinski definition) is 9. The van der Waals surface area contributed by atoms with E-state index in [9.17, 15) is 25.0 Å². The highest BCUT2D eigenvalue weighted by molar-refractivity contribution is 8.27. The highest BCUT2D eigenvalue weighted by Gasteiger charge is 2.34. The number of hydrogen-bond donors (Lipinski definition) is 0. The van der Waals surface area contributed by atoms with Gasteiger partial charge < -0.3 is 9.47 Å². The fourth-order valence-electron chi connectivity index (χ4n) is 3.36. The number of nitrogens with zero attached hydrogens (tertiary/aromatic N) is 3. The van der Waals surface area contributed by atoms with Gasteiger partial charge in [-0.1, -0.05) is 36.1 Å². The van der Waals surface area contributed by atoms with E-state index in [1.165, 1.54) is 42.3 Å². The summed E-state index contributed by atoms with van der Waals surface area (Å²) in [7, 11) is 1.49. The van der Waals surface area contributed by atoms with Crippen LogP contribution < -0.4 is 14.4 Å². The van der Waals surface area contributed by atoms with Gasteiger partial charge in [-0.05, 0) is 47.5 Å². The Balaban J connectivity index is 1.51. The molecule has 0 aromatic heterocycles. The second-order valence-electron chi connectivity index (χ2n) is 7.42. The van der Waals surface area contributed by atoms with Gasteiger partial charge in [0.05, 0.1) is 27.5 Å². The molecular formula is C24H17N3O7S2. The smallest absolute Gasteiger partial charge is 0.271 e. The average Bonchev–Trinajstić information content (AvgIpc) is 3.15. The third kappa shape index (κ3) is 5.34. The van der Waals surface area contributed by atoms with Gasteiger partial charge in [-0.3, -0.25) is 29.9 Å². The number of nitro groups is 2. The molecule has 1 amide bonds. The topological polar surface area (TPSA) is 125 Å². The number of non-ortho nitro benzene ring substituents is 2. The van der Waals surface area contributed by atoms with Crippen molar-refractivity contribution in [2.24, 2.45) is 0 Å². The summed E-state index contributed by atoms with van der Waals surface area (Å²) in [5, 5.41) is 21.9. The molecule has 1 aliphatic heterocycles. The van der Waals surface area contributed by atoms with Crippen LogP contribution in [0.5, 0.6) is 11.5 Å². The maximum atomic E-state index is 13.0. The molecule has 1 heterocycles. The Hall–Kier alpha value is -4.29. The second kappa shape index (κ2) is 10.5. The zero-order chi connectivity index (χ0) is 25.8. The Morgan fingerprint density at radius 1 is 0.972 bits per heavy atom. The van der Waals surface area contributed by atoms with Crippen LogP contribution in [0.4, 0.5) is 17.1 Å². The van der Waals surface area contributed by atoms with Gasteiger partial charge in [0, 0.05) is 24.3 Å². The molecule has 0 unspecified atom stereocenters. The Morgan fingerprint density at radius 3 is 2.36 bits per heavy atom. The lowest BCUT2D eigenvalue weighted by atomic mass is 10.1. The average molecular weight is 524 g/mol. The lowest BCUT2D eigenvalue weighted by Gasteiger charge is -2.14. The van der Waals surface area contributed by atoms with E-state index in [0.29, 0.717) is 27.7 Å². The molecule has 1 aliphatic rings. The van der Waals surface area contributed by atoms with E-state index in [0.717, 1.165) is 17.3 Å². The van der Waals surface area contributed by atoms with Gasteiger partial charge in [0.2, 0.25) is 0 Å². The number of anilines is 1. The quantitative estimate of drug-likeness (QED) is 0.163. The lowest BCUT2D eigenvalue weighted by Crippen LogP contribution is -2.27. The normalized spacial score (nSPS) is 14.2. The zero-order valence-electron chi connectivity index (χ0n) is 18.7. The van der Waals surface area contributed by atoms with Crippen molar-refractivity contribution in [2.45, 2.75) is 6.61 Å². The first kappa shape index (κ1) is 24.8. The van der Waals surface area contributed by atoms with E-state index >= 15 is 0 Å². The predicted molar refractivity (Wildman–Crippen MR) is 139 cm³/mol. The Morgan fingerprint density at radius 2 is 1.69 bits per heavy atom. The van der Waals surface area contributed by atoms with Gasteiger partial charge in [-0.2, -0.15) is 0 Å². The number of thiocarbonyl (C=S) groups is 1. The monoisotopic (exact) mass is 523 g/mol. The first-order valence-electron chi connectivity index (χ1n) is 10.3. The third-order valence-corrected chi connectivity index (χ3v) is 6.42. The SMILES string of the molecule is COc1cc(/C=C2/SC(=S)N(c3cccc([N+](=O)[O-])c3)C2=O)ccc1OCc1ccc([N+](=O)[O-])cc1. The molecule has 36 heavy (non-hydrogen) atoms. The van der Waals surface area contributed by atoms with Crippen LogP contribution in [0.25, 0.3) is 6.08 Å².